The van der Waals surface area contributed by atoms with Gasteiger partial charge in [0.25, 0.3) is 6.43 Å². The number of pyridine rings is 3. The average Bonchev–Trinajstić information content (AvgIpc) is 2.62. The highest BCUT2D eigenvalue weighted by atomic mass is 32.2. The maximum Gasteiger partial charge on any atom is 0.280 e. The van der Waals surface area contributed by atoms with Gasteiger partial charge in [0.05, 0.1) is 0 Å². The number of rotatable bonds is 7. The Kier molecular flexibility index (Phi) is 6.05. The van der Waals surface area contributed by atoms with Crippen molar-refractivity contribution in [1.82, 2.24) is 15.0 Å². The van der Waals surface area contributed by atoms with E-state index in [0.29, 0.717) is 22.8 Å². The van der Waals surface area contributed by atoms with E-state index in [9.17, 15) is 8.78 Å². The van der Waals surface area contributed by atoms with Crippen LogP contribution in [-0.4, -0.2) is 27.2 Å². The van der Waals surface area contributed by atoms with Crippen LogP contribution in [0.2, 0.25) is 0 Å². The van der Waals surface area contributed by atoms with Crippen LogP contribution >= 0.6 is 11.8 Å². The molecule has 8 heteroatoms. The Hall–Kier alpha value is -2.48. The zero-order valence-corrected chi connectivity index (χ0v) is 16.1. The SMILES string of the molecule is CSCc1ccnc(Nc2cc3c(NC(C)C)nc(C(F)F)cc3cn2)c1. The highest BCUT2D eigenvalue weighted by molar-refractivity contribution is 7.97. The molecule has 0 unspecified atom stereocenters. The van der Waals surface area contributed by atoms with E-state index in [1.165, 1.54) is 6.07 Å². The van der Waals surface area contributed by atoms with Gasteiger partial charge in [-0.25, -0.2) is 23.7 Å². The maximum absolute atomic E-state index is 13.1. The topological polar surface area (TPSA) is 62.7 Å². The van der Waals surface area contributed by atoms with Crippen molar-refractivity contribution in [3.8, 4) is 0 Å². The first-order chi connectivity index (χ1) is 13.0. The molecule has 0 aromatic carbocycles. The summed E-state index contributed by atoms with van der Waals surface area (Å²) in [6.07, 6.45) is 2.73. The van der Waals surface area contributed by atoms with Crippen molar-refractivity contribution in [3.63, 3.8) is 0 Å². The Balaban J connectivity index is 1.98. The zero-order valence-electron chi connectivity index (χ0n) is 15.3. The summed E-state index contributed by atoms with van der Waals surface area (Å²) in [5, 5.41) is 7.66. The van der Waals surface area contributed by atoms with Crippen LogP contribution in [0.15, 0.2) is 36.7 Å². The summed E-state index contributed by atoms with van der Waals surface area (Å²) in [5.41, 5.74) is 0.894. The molecule has 0 aliphatic carbocycles. The van der Waals surface area contributed by atoms with Gasteiger partial charge in [0, 0.05) is 35.0 Å². The Bertz CT molecular complexity index is 933. The molecule has 3 aromatic heterocycles. The minimum Gasteiger partial charge on any atom is -0.367 e. The summed E-state index contributed by atoms with van der Waals surface area (Å²) in [6.45, 7) is 3.87. The smallest absolute Gasteiger partial charge is 0.280 e. The summed E-state index contributed by atoms with van der Waals surface area (Å²) in [5.74, 6) is 2.58. The van der Waals surface area contributed by atoms with Crippen LogP contribution in [0.4, 0.5) is 26.2 Å². The number of hydrogen-bond acceptors (Lipinski definition) is 6. The van der Waals surface area contributed by atoms with E-state index in [0.717, 1.165) is 16.7 Å². The fourth-order valence-electron chi connectivity index (χ4n) is 2.66. The highest BCUT2D eigenvalue weighted by Gasteiger charge is 2.15. The van der Waals surface area contributed by atoms with E-state index in [1.807, 2.05) is 32.2 Å². The normalized spacial score (nSPS) is 11.4. The van der Waals surface area contributed by atoms with Crippen LogP contribution in [0.3, 0.4) is 0 Å². The molecule has 0 atom stereocenters. The lowest BCUT2D eigenvalue weighted by atomic mass is 10.1. The Morgan fingerprint density at radius 1 is 1.11 bits per heavy atom. The van der Waals surface area contributed by atoms with Crippen molar-refractivity contribution < 1.29 is 8.78 Å². The quantitative estimate of drug-likeness (QED) is 0.565. The third kappa shape index (κ3) is 4.82. The van der Waals surface area contributed by atoms with Crippen molar-refractivity contribution in [1.29, 1.82) is 0 Å². The number of alkyl halides is 2. The van der Waals surface area contributed by atoms with Gasteiger partial charge < -0.3 is 10.6 Å². The van der Waals surface area contributed by atoms with Gasteiger partial charge >= 0.3 is 0 Å². The first-order valence-electron chi connectivity index (χ1n) is 8.52. The number of nitrogens with zero attached hydrogens (tertiary/aromatic N) is 3. The van der Waals surface area contributed by atoms with Gasteiger partial charge in [0.2, 0.25) is 0 Å². The van der Waals surface area contributed by atoms with E-state index in [-0.39, 0.29) is 11.7 Å². The molecule has 0 amide bonds. The molecule has 0 fully saturated rings. The van der Waals surface area contributed by atoms with Crippen molar-refractivity contribution in [2.45, 2.75) is 32.1 Å². The molecule has 3 rings (SSSR count). The molecule has 0 aliphatic rings. The number of nitrogens with one attached hydrogen (secondary N) is 2. The van der Waals surface area contributed by atoms with E-state index in [4.69, 9.17) is 0 Å². The summed E-state index contributed by atoms with van der Waals surface area (Å²) in [6, 6.07) is 7.16. The van der Waals surface area contributed by atoms with Crippen LogP contribution in [0.5, 0.6) is 0 Å². The number of thioether (sulfide) groups is 1. The molecule has 0 spiro atoms. The van der Waals surface area contributed by atoms with Crippen LogP contribution in [0, 0.1) is 0 Å². The second-order valence-electron chi connectivity index (χ2n) is 6.39. The van der Waals surface area contributed by atoms with Crippen LogP contribution in [-0.2, 0) is 5.75 Å². The molecular weight excluding hydrogens is 368 g/mol. The van der Waals surface area contributed by atoms with Crippen molar-refractivity contribution in [2.75, 3.05) is 16.9 Å². The monoisotopic (exact) mass is 389 g/mol. The molecule has 142 valence electrons. The number of anilines is 3. The Morgan fingerprint density at radius 2 is 1.89 bits per heavy atom. The Morgan fingerprint density at radius 3 is 2.59 bits per heavy atom. The number of aromatic nitrogens is 3. The standard InChI is InChI=1S/C19H21F2N5S/c1-11(2)24-19-14-8-17(23-9-13(14)7-15(25-19)18(20)21)26-16-6-12(10-27-3)4-5-22-16/h4-9,11,18H,10H2,1-3H3,(H,24,25)(H,22,23,26). The van der Waals surface area contributed by atoms with Gasteiger partial charge in [-0.05, 0) is 49.9 Å². The summed E-state index contributed by atoms with van der Waals surface area (Å²) < 4.78 is 26.3. The molecule has 27 heavy (non-hydrogen) atoms. The van der Waals surface area contributed by atoms with Crippen molar-refractivity contribution in [3.05, 3.63) is 47.9 Å². The van der Waals surface area contributed by atoms with Crippen molar-refractivity contribution in [2.24, 2.45) is 0 Å². The number of halogens is 2. The second-order valence-corrected chi connectivity index (χ2v) is 7.26. The molecule has 3 aromatic rings. The van der Waals surface area contributed by atoms with Crippen LogP contribution in [0.25, 0.3) is 10.8 Å². The molecule has 0 saturated heterocycles. The molecule has 5 nitrogen and oxygen atoms in total. The van der Waals surface area contributed by atoms with E-state index in [2.05, 4.69) is 25.6 Å². The first-order valence-corrected chi connectivity index (χ1v) is 9.92. The van der Waals surface area contributed by atoms with Gasteiger partial charge in [-0.2, -0.15) is 11.8 Å². The van der Waals surface area contributed by atoms with Gasteiger partial charge in [0.1, 0.15) is 23.1 Å². The van der Waals surface area contributed by atoms with Crippen molar-refractivity contribution >= 4 is 40.0 Å². The largest absolute Gasteiger partial charge is 0.367 e. The Labute approximate surface area is 161 Å². The molecular formula is C19H21F2N5S. The summed E-state index contributed by atoms with van der Waals surface area (Å²) >= 11 is 1.73. The lowest BCUT2D eigenvalue weighted by molar-refractivity contribution is 0.146. The van der Waals surface area contributed by atoms with Gasteiger partial charge in [-0.3, -0.25) is 0 Å². The minimum absolute atomic E-state index is 0.0584. The van der Waals surface area contributed by atoms with Crippen LogP contribution < -0.4 is 10.6 Å². The van der Waals surface area contributed by atoms with Gasteiger partial charge in [0.15, 0.2) is 0 Å². The first kappa shape index (κ1) is 19.3. The predicted molar refractivity (Wildman–Crippen MR) is 108 cm³/mol. The molecule has 0 bridgehead atoms. The average molecular weight is 389 g/mol. The molecule has 0 saturated carbocycles. The number of hydrogen-bond donors (Lipinski definition) is 2. The van der Waals surface area contributed by atoms with Gasteiger partial charge in [-0.1, -0.05) is 0 Å². The maximum atomic E-state index is 13.1. The van der Waals surface area contributed by atoms with Crippen LogP contribution in [0.1, 0.15) is 31.5 Å². The molecule has 3 heterocycles. The lowest BCUT2D eigenvalue weighted by Crippen LogP contribution is -2.12. The van der Waals surface area contributed by atoms with Gasteiger partial charge in [-0.15, -0.1) is 0 Å². The summed E-state index contributed by atoms with van der Waals surface area (Å²) in [4.78, 5) is 12.7. The van der Waals surface area contributed by atoms with E-state index < -0.39 is 6.43 Å². The fourth-order valence-corrected chi connectivity index (χ4v) is 3.17. The molecule has 2 N–H and O–H groups in total. The van der Waals surface area contributed by atoms with E-state index in [1.54, 1.807) is 30.2 Å². The highest BCUT2D eigenvalue weighted by Crippen LogP contribution is 2.29. The zero-order chi connectivity index (χ0) is 19.4. The summed E-state index contributed by atoms with van der Waals surface area (Å²) in [7, 11) is 0. The third-order valence-corrected chi connectivity index (χ3v) is 4.40. The predicted octanol–water partition coefficient (Wildman–Crippen LogP) is 5.39. The molecule has 0 radical (unpaired) electrons. The lowest BCUT2D eigenvalue weighted by Gasteiger charge is -2.14. The molecule has 0 aliphatic heterocycles. The second kappa shape index (κ2) is 8.47. The fraction of sp³-hybridized carbons (Fsp3) is 0.316. The number of fused-ring (bicyclic) bond motifs is 1. The third-order valence-electron chi connectivity index (χ3n) is 3.77. The van der Waals surface area contributed by atoms with E-state index >= 15 is 0 Å². The minimum atomic E-state index is -2.64.